The summed E-state index contributed by atoms with van der Waals surface area (Å²) < 4.78 is 44.5. The van der Waals surface area contributed by atoms with Crippen LogP contribution in [0.15, 0.2) is 42.6 Å². The summed E-state index contributed by atoms with van der Waals surface area (Å²) in [7, 11) is 0. The second kappa shape index (κ2) is 7.53. The number of ether oxygens (including phenoxy) is 1. The van der Waals surface area contributed by atoms with Crippen LogP contribution in [-0.2, 0) is 12.7 Å². The molecule has 4 nitrogen and oxygen atoms in total. The number of pyridine rings is 1. The van der Waals surface area contributed by atoms with E-state index in [0.29, 0.717) is 17.9 Å². The minimum Gasteiger partial charge on any atom is -0.472 e. The number of halogens is 4. The summed E-state index contributed by atoms with van der Waals surface area (Å²) in [5.41, 5.74) is -0.0606. The van der Waals surface area contributed by atoms with Gasteiger partial charge in [-0.15, -0.1) is 11.6 Å². The van der Waals surface area contributed by atoms with Gasteiger partial charge in [-0.25, -0.2) is 4.98 Å². The van der Waals surface area contributed by atoms with Crippen LogP contribution in [0.5, 0.6) is 5.88 Å². The highest BCUT2D eigenvalue weighted by Crippen LogP contribution is 2.30. The molecule has 1 aromatic carbocycles. The fraction of sp³-hybridized carbons (Fsp3) is 0.333. The molecule has 0 fully saturated rings. The molecule has 0 bridgehead atoms. The van der Waals surface area contributed by atoms with Crippen LogP contribution in [0.3, 0.4) is 0 Å². The van der Waals surface area contributed by atoms with Crippen molar-refractivity contribution in [2.75, 3.05) is 12.4 Å². The Morgan fingerprint density at radius 1 is 1.27 bits per heavy atom. The molecule has 0 N–H and O–H groups in total. The SMILES string of the molecule is O=C1c2cccnc2OC(CCCl)CN1Cc1cccc(C(F)(F)F)c1. The maximum atomic E-state index is 12.9. The highest BCUT2D eigenvalue weighted by Gasteiger charge is 2.32. The van der Waals surface area contributed by atoms with Crippen molar-refractivity contribution in [3.05, 3.63) is 59.3 Å². The third kappa shape index (κ3) is 4.09. The van der Waals surface area contributed by atoms with Crippen molar-refractivity contribution < 1.29 is 22.7 Å². The molecule has 0 aliphatic carbocycles. The summed E-state index contributed by atoms with van der Waals surface area (Å²) in [5.74, 6) is 0.222. The first-order valence-corrected chi connectivity index (χ1v) is 8.55. The zero-order chi connectivity index (χ0) is 18.7. The molecule has 1 aliphatic rings. The van der Waals surface area contributed by atoms with Crippen molar-refractivity contribution in [3.63, 3.8) is 0 Å². The maximum absolute atomic E-state index is 12.9. The second-order valence-corrected chi connectivity index (χ2v) is 6.34. The van der Waals surface area contributed by atoms with E-state index in [2.05, 4.69) is 4.98 Å². The first-order chi connectivity index (χ1) is 12.4. The maximum Gasteiger partial charge on any atom is 0.416 e. The van der Waals surface area contributed by atoms with Crippen LogP contribution >= 0.6 is 11.6 Å². The zero-order valence-corrected chi connectivity index (χ0v) is 14.4. The molecule has 0 saturated carbocycles. The minimum absolute atomic E-state index is 0.0409. The smallest absolute Gasteiger partial charge is 0.416 e. The summed E-state index contributed by atoms with van der Waals surface area (Å²) in [5, 5.41) is 0. The average Bonchev–Trinajstić information content (AvgIpc) is 2.72. The number of carbonyl (C=O) groups excluding carboxylic acids is 1. The minimum atomic E-state index is -4.43. The van der Waals surface area contributed by atoms with Crippen LogP contribution in [-0.4, -0.2) is 34.3 Å². The van der Waals surface area contributed by atoms with Crippen LogP contribution in [0, 0.1) is 0 Å². The number of amides is 1. The van der Waals surface area contributed by atoms with Crippen LogP contribution in [0.4, 0.5) is 13.2 Å². The van der Waals surface area contributed by atoms with Gasteiger partial charge in [0.25, 0.3) is 5.91 Å². The first-order valence-electron chi connectivity index (χ1n) is 8.01. The summed E-state index contributed by atoms with van der Waals surface area (Å²) >= 11 is 5.80. The van der Waals surface area contributed by atoms with Crippen molar-refractivity contribution in [3.8, 4) is 5.88 Å². The Morgan fingerprint density at radius 2 is 2.08 bits per heavy atom. The Balaban J connectivity index is 1.90. The third-order valence-electron chi connectivity index (χ3n) is 4.05. The van der Waals surface area contributed by atoms with Crippen molar-refractivity contribution in [1.82, 2.24) is 9.88 Å². The Hall–Kier alpha value is -2.28. The number of rotatable bonds is 4. The topological polar surface area (TPSA) is 42.4 Å². The van der Waals surface area contributed by atoms with Crippen molar-refractivity contribution in [1.29, 1.82) is 0 Å². The van der Waals surface area contributed by atoms with Crippen molar-refractivity contribution >= 4 is 17.5 Å². The lowest BCUT2D eigenvalue weighted by Gasteiger charge is -2.24. The molecular formula is C18H16ClF3N2O2. The molecule has 0 saturated heterocycles. The molecule has 0 radical (unpaired) electrons. The molecule has 3 rings (SSSR count). The van der Waals surface area contributed by atoms with E-state index in [9.17, 15) is 18.0 Å². The molecule has 1 amide bonds. The number of hydrogen-bond donors (Lipinski definition) is 0. The standard InChI is InChI=1S/C18H16ClF3N2O2/c19-7-6-14-11-24(17(25)15-5-2-8-23-16(15)26-14)10-12-3-1-4-13(9-12)18(20,21)22/h1-5,8-9,14H,6-7,10-11H2. The number of carbonyl (C=O) groups is 1. The van der Waals surface area contributed by atoms with Gasteiger partial charge in [-0.2, -0.15) is 13.2 Å². The fourth-order valence-corrected chi connectivity index (χ4v) is 3.06. The molecule has 26 heavy (non-hydrogen) atoms. The van der Waals surface area contributed by atoms with Crippen molar-refractivity contribution in [2.24, 2.45) is 0 Å². The molecule has 2 heterocycles. The predicted octanol–water partition coefficient (Wildman–Crippen LogP) is 4.13. The highest BCUT2D eigenvalue weighted by atomic mass is 35.5. The molecule has 8 heteroatoms. The molecular weight excluding hydrogens is 369 g/mol. The van der Waals surface area contributed by atoms with E-state index in [-0.39, 0.29) is 36.5 Å². The van der Waals surface area contributed by atoms with Gasteiger partial charge in [0.05, 0.1) is 12.1 Å². The highest BCUT2D eigenvalue weighted by molar-refractivity contribution is 6.17. The normalized spacial score (nSPS) is 17.5. The van der Waals surface area contributed by atoms with E-state index >= 15 is 0 Å². The molecule has 0 spiro atoms. The molecule has 138 valence electrons. The van der Waals surface area contributed by atoms with Crippen LogP contribution in [0.1, 0.15) is 27.9 Å². The Morgan fingerprint density at radius 3 is 2.81 bits per heavy atom. The lowest BCUT2D eigenvalue weighted by atomic mass is 10.1. The van der Waals surface area contributed by atoms with Gasteiger partial charge in [-0.3, -0.25) is 4.79 Å². The second-order valence-electron chi connectivity index (χ2n) is 5.96. The van der Waals surface area contributed by atoms with E-state index in [1.807, 2.05) is 0 Å². The van der Waals surface area contributed by atoms with E-state index in [4.69, 9.17) is 16.3 Å². The van der Waals surface area contributed by atoms with Gasteiger partial charge in [0, 0.05) is 18.6 Å². The van der Waals surface area contributed by atoms with Gasteiger partial charge in [0.15, 0.2) is 0 Å². The zero-order valence-electron chi connectivity index (χ0n) is 13.7. The Labute approximate surface area is 153 Å². The molecule has 1 unspecified atom stereocenters. The quantitative estimate of drug-likeness (QED) is 0.744. The van der Waals surface area contributed by atoms with Crippen LogP contribution in [0.2, 0.25) is 0 Å². The number of alkyl halides is 4. The van der Waals surface area contributed by atoms with Crippen LogP contribution in [0.25, 0.3) is 0 Å². The monoisotopic (exact) mass is 384 g/mol. The summed E-state index contributed by atoms with van der Waals surface area (Å²) in [6, 6.07) is 8.17. The summed E-state index contributed by atoms with van der Waals surface area (Å²) in [6.07, 6.45) is -2.80. The van der Waals surface area contributed by atoms with Gasteiger partial charge < -0.3 is 9.64 Å². The fourth-order valence-electron chi connectivity index (χ4n) is 2.82. The Bertz CT molecular complexity index is 798. The van der Waals surface area contributed by atoms with Gasteiger partial charge in [0.2, 0.25) is 5.88 Å². The van der Waals surface area contributed by atoms with Gasteiger partial charge in [-0.1, -0.05) is 12.1 Å². The lowest BCUT2D eigenvalue weighted by Crippen LogP contribution is -2.36. The van der Waals surface area contributed by atoms with Crippen molar-refractivity contribution in [2.45, 2.75) is 25.2 Å². The van der Waals surface area contributed by atoms with E-state index in [1.165, 1.54) is 17.2 Å². The largest absolute Gasteiger partial charge is 0.472 e. The van der Waals surface area contributed by atoms with Gasteiger partial charge in [0.1, 0.15) is 11.7 Å². The summed E-state index contributed by atoms with van der Waals surface area (Å²) in [6.45, 7) is 0.261. The first kappa shape index (κ1) is 18.5. The third-order valence-corrected chi connectivity index (χ3v) is 4.27. The van der Waals surface area contributed by atoms with Gasteiger partial charge in [-0.05, 0) is 36.2 Å². The number of aromatic nitrogens is 1. The van der Waals surface area contributed by atoms with Gasteiger partial charge >= 0.3 is 6.18 Å². The number of hydrogen-bond acceptors (Lipinski definition) is 3. The lowest BCUT2D eigenvalue weighted by molar-refractivity contribution is -0.137. The molecule has 1 atom stereocenters. The average molecular weight is 385 g/mol. The Kier molecular flexibility index (Phi) is 5.36. The van der Waals surface area contributed by atoms with Crippen LogP contribution < -0.4 is 4.74 Å². The molecule has 2 aromatic rings. The van der Waals surface area contributed by atoms with E-state index < -0.39 is 11.7 Å². The number of nitrogens with zero attached hydrogens (tertiary/aromatic N) is 2. The number of fused-ring (bicyclic) bond motifs is 1. The number of benzene rings is 1. The van der Waals surface area contributed by atoms with E-state index in [1.54, 1.807) is 18.2 Å². The molecule has 1 aliphatic heterocycles. The molecule has 1 aromatic heterocycles. The van der Waals surface area contributed by atoms with E-state index in [0.717, 1.165) is 12.1 Å². The summed E-state index contributed by atoms with van der Waals surface area (Å²) in [4.78, 5) is 18.4. The predicted molar refractivity (Wildman–Crippen MR) is 90.2 cm³/mol.